The van der Waals surface area contributed by atoms with Crippen LogP contribution < -0.4 is 11.1 Å². The van der Waals surface area contributed by atoms with Crippen LogP contribution >= 0.6 is 0 Å². The lowest BCUT2D eigenvalue weighted by molar-refractivity contribution is -0.384. The monoisotopic (exact) mass is 301 g/mol. The largest absolute Gasteiger partial charge is 0.333 e. The van der Waals surface area contributed by atoms with Crippen molar-refractivity contribution < 1.29 is 4.92 Å². The first-order valence-corrected chi connectivity index (χ1v) is 6.36. The molecule has 9 heteroatoms. The highest BCUT2D eigenvalue weighted by molar-refractivity contribution is 5.80. The highest BCUT2D eigenvalue weighted by Gasteiger charge is 2.14. The van der Waals surface area contributed by atoms with Crippen LogP contribution in [0.5, 0.6) is 0 Å². The van der Waals surface area contributed by atoms with E-state index in [0.29, 0.717) is 11.1 Å². The molecule has 0 amide bonds. The first kappa shape index (κ1) is 13.7. The number of aromatic nitrogens is 4. The fourth-order valence-corrected chi connectivity index (χ4v) is 2.27. The summed E-state index contributed by atoms with van der Waals surface area (Å²) in [5.74, 6) is 0. The summed E-state index contributed by atoms with van der Waals surface area (Å²) in [6.45, 7) is 2.10. The molecular formula is C13H11N5O4. The Kier molecular flexibility index (Phi) is 3.09. The van der Waals surface area contributed by atoms with E-state index in [-0.39, 0.29) is 17.7 Å². The Balaban J connectivity index is 2.25. The van der Waals surface area contributed by atoms with Crippen LogP contribution in [-0.4, -0.2) is 24.4 Å². The van der Waals surface area contributed by atoms with E-state index in [0.717, 1.165) is 5.69 Å². The minimum absolute atomic E-state index is 0.165. The standard InChI is InChI=1S/C13H11N5O4/c1-7-4-17(6-14-7)5-8-2-9(18(21)22)3-10-11(8)16-13(20)12(19)15-10/h2-4,6H,5H2,1H3,(H,15,19)(H,16,20). The van der Waals surface area contributed by atoms with Crippen LogP contribution in [-0.2, 0) is 6.54 Å². The first-order chi connectivity index (χ1) is 10.4. The van der Waals surface area contributed by atoms with Crippen molar-refractivity contribution in [2.24, 2.45) is 0 Å². The summed E-state index contributed by atoms with van der Waals surface area (Å²) < 4.78 is 1.73. The van der Waals surface area contributed by atoms with Crippen molar-refractivity contribution in [3.8, 4) is 0 Å². The second kappa shape index (κ2) is 4.95. The summed E-state index contributed by atoms with van der Waals surface area (Å²) >= 11 is 0. The molecule has 0 fully saturated rings. The molecule has 2 heterocycles. The van der Waals surface area contributed by atoms with Gasteiger partial charge < -0.3 is 14.5 Å². The van der Waals surface area contributed by atoms with E-state index in [2.05, 4.69) is 15.0 Å². The Labute approximate surface area is 122 Å². The molecular weight excluding hydrogens is 290 g/mol. The number of nitro benzene ring substituents is 1. The summed E-state index contributed by atoms with van der Waals surface area (Å²) in [7, 11) is 0. The number of imidazole rings is 1. The summed E-state index contributed by atoms with van der Waals surface area (Å²) in [5.41, 5.74) is 0.0719. The summed E-state index contributed by atoms with van der Waals surface area (Å²) in [5, 5.41) is 11.0. The van der Waals surface area contributed by atoms with Crippen LogP contribution in [0.25, 0.3) is 11.0 Å². The van der Waals surface area contributed by atoms with Gasteiger partial charge in [0.25, 0.3) is 5.69 Å². The van der Waals surface area contributed by atoms with E-state index in [9.17, 15) is 19.7 Å². The molecule has 2 aromatic heterocycles. The predicted octanol–water partition coefficient (Wildman–Crippen LogP) is 0.678. The van der Waals surface area contributed by atoms with E-state index in [1.54, 1.807) is 17.1 Å². The number of fused-ring (bicyclic) bond motifs is 1. The summed E-state index contributed by atoms with van der Waals surface area (Å²) in [4.78, 5) is 42.3. The van der Waals surface area contributed by atoms with Crippen molar-refractivity contribution in [1.29, 1.82) is 0 Å². The smallest absolute Gasteiger partial charge is 0.314 e. The third kappa shape index (κ3) is 2.39. The Morgan fingerprint density at radius 3 is 2.64 bits per heavy atom. The quantitative estimate of drug-likeness (QED) is 0.418. The second-order valence-corrected chi connectivity index (χ2v) is 4.88. The van der Waals surface area contributed by atoms with Gasteiger partial charge in [-0.2, -0.15) is 0 Å². The van der Waals surface area contributed by atoms with E-state index < -0.39 is 16.0 Å². The van der Waals surface area contributed by atoms with Crippen molar-refractivity contribution in [1.82, 2.24) is 19.5 Å². The molecule has 1 aromatic carbocycles. The number of aromatic amines is 2. The van der Waals surface area contributed by atoms with Gasteiger partial charge in [-0.3, -0.25) is 19.7 Å². The Morgan fingerprint density at radius 2 is 2.00 bits per heavy atom. The fourth-order valence-electron chi connectivity index (χ4n) is 2.27. The van der Waals surface area contributed by atoms with E-state index in [1.165, 1.54) is 12.1 Å². The molecule has 9 nitrogen and oxygen atoms in total. The predicted molar refractivity (Wildman–Crippen MR) is 77.9 cm³/mol. The van der Waals surface area contributed by atoms with Crippen LogP contribution in [0.2, 0.25) is 0 Å². The zero-order chi connectivity index (χ0) is 15.9. The normalized spacial score (nSPS) is 11.0. The third-order valence-electron chi connectivity index (χ3n) is 3.22. The van der Waals surface area contributed by atoms with Crippen molar-refractivity contribution in [3.05, 3.63) is 66.7 Å². The second-order valence-electron chi connectivity index (χ2n) is 4.88. The Bertz CT molecular complexity index is 998. The van der Waals surface area contributed by atoms with Crippen LogP contribution in [0, 0.1) is 17.0 Å². The van der Waals surface area contributed by atoms with Crippen molar-refractivity contribution in [2.75, 3.05) is 0 Å². The van der Waals surface area contributed by atoms with Gasteiger partial charge in [-0.05, 0) is 6.92 Å². The van der Waals surface area contributed by atoms with E-state index in [1.807, 2.05) is 6.92 Å². The molecule has 0 unspecified atom stereocenters. The maximum absolute atomic E-state index is 11.5. The number of nitrogens with zero attached hydrogens (tertiary/aromatic N) is 3. The highest BCUT2D eigenvalue weighted by Crippen LogP contribution is 2.22. The number of H-pyrrole nitrogens is 2. The lowest BCUT2D eigenvalue weighted by Crippen LogP contribution is -2.29. The average Bonchev–Trinajstić information content (AvgIpc) is 2.86. The summed E-state index contributed by atoms with van der Waals surface area (Å²) in [6.07, 6.45) is 3.36. The van der Waals surface area contributed by atoms with E-state index >= 15 is 0 Å². The molecule has 3 aromatic rings. The molecule has 0 aliphatic rings. The number of hydrogen-bond donors (Lipinski definition) is 2. The molecule has 22 heavy (non-hydrogen) atoms. The number of benzene rings is 1. The van der Waals surface area contributed by atoms with Gasteiger partial charge in [0.15, 0.2) is 0 Å². The number of rotatable bonds is 3. The average molecular weight is 301 g/mol. The molecule has 0 bridgehead atoms. The van der Waals surface area contributed by atoms with Crippen LogP contribution in [0.3, 0.4) is 0 Å². The molecule has 0 aliphatic carbocycles. The maximum Gasteiger partial charge on any atom is 0.314 e. The number of aryl methyl sites for hydroxylation is 1. The third-order valence-corrected chi connectivity index (χ3v) is 3.22. The minimum atomic E-state index is -0.850. The zero-order valence-corrected chi connectivity index (χ0v) is 11.5. The Morgan fingerprint density at radius 1 is 1.27 bits per heavy atom. The lowest BCUT2D eigenvalue weighted by atomic mass is 10.1. The van der Waals surface area contributed by atoms with Gasteiger partial charge in [0.05, 0.1) is 34.5 Å². The molecule has 0 spiro atoms. The van der Waals surface area contributed by atoms with Gasteiger partial charge in [0.2, 0.25) is 0 Å². The highest BCUT2D eigenvalue weighted by atomic mass is 16.6. The summed E-state index contributed by atoms with van der Waals surface area (Å²) in [6, 6.07) is 2.58. The maximum atomic E-state index is 11.5. The van der Waals surface area contributed by atoms with Crippen molar-refractivity contribution >= 4 is 16.7 Å². The topological polar surface area (TPSA) is 127 Å². The van der Waals surface area contributed by atoms with Crippen LogP contribution in [0.4, 0.5) is 5.69 Å². The number of nitro groups is 1. The fraction of sp³-hybridized carbons (Fsp3) is 0.154. The first-order valence-electron chi connectivity index (χ1n) is 6.36. The SMILES string of the molecule is Cc1cn(Cc2cc([N+](=O)[O-])cc3[nH]c(=O)c(=O)[nH]c23)cn1. The Hall–Kier alpha value is -3.23. The van der Waals surface area contributed by atoms with Gasteiger partial charge in [0.1, 0.15) is 0 Å². The van der Waals surface area contributed by atoms with E-state index in [4.69, 9.17) is 0 Å². The zero-order valence-electron chi connectivity index (χ0n) is 11.5. The van der Waals surface area contributed by atoms with Gasteiger partial charge in [-0.1, -0.05) is 0 Å². The number of hydrogen-bond acceptors (Lipinski definition) is 5. The molecule has 0 saturated carbocycles. The van der Waals surface area contributed by atoms with Crippen molar-refractivity contribution in [2.45, 2.75) is 13.5 Å². The molecule has 0 radical (unpaired) electrons. The molecule has 0 atom stereocenters. The van der Waals surface area contributed by atoms with Gasteiger partial charge >= 0.3 is 11.1 Å². The molecule has 3 rings (SSSR count). The number of non-ortho nitro benzene ring substituents is 1. The van der Waals surface area contributed by atoms with Gasteiger partial charge in [-0.25, -0.2) is 4.98 Å². The minimum Gasteiger partial charge on any atom is -0.333 e. The molecule has 112 valence electrons. The van der Waals surface area contributed by atoms with Crippen molar-refractivity contribution in [3.63, 3.8) is 0 Å². The lowest BCUT2D eigenvalue weighted by Gasteiger charge is -2.07. The molecule has 2 N–H and O–H groups in total. The number of nitrogens with one attached hydrogen (secondary N) is 2. The van der Waals surface area contributed by atoms with Gasteiger partial charge in [0, 0.05) is 23.9 Å². The van der Waals surface area contributed by atoms with Crippen LogP contribution in [0.1, 0.15) is 11.3 Å². The van der Waals surface area contributed by atoms with Crippen LogP contribution in [0.15, 0.2) is 34.2 Å². The molecule has 0 saturated heterocycles. The van der Waals surface area contributed by atoms with Gasteiger partial charge in [-0.15, -0.1) is 0 Å². The molecule has 0 aliphatic heterocycles.